The van der Waals surface area contributed by atoms with Gasteiger partial charge in [0.25, 0.3) is 0 Å². The molecule has 180 valence electrons. The zero-order valence-electron chi connectivity index (χ0n) is 20.9. The van der Waals surface area contributed by atoms with Gasteiger partial charge < -0.3 is 19.1 Å². The fraction of sp³-hybridized carbons (Fsp3) is 0.300. The highest BCUT2D eigenvalue weighted by molar-refractivity contribution is 5.94. The molecular formula is C30H32N2O3. The first-order valence-electron chi connectivity index (χ1n) is 12.2. The zero-order chi connectivity index (χ0) is 24.4. The summed E-state index contributed by atoms with van der Waals surface area (Å²) in [7, 11) is 5.10. The molecule has 1 atom stereocenters. The molecule has 3 aromatic carbocycles. The Balaban J connectivity index is 1.66. The van der Waals surface area contributed by atoms with Gasteiger partial charge in [-0.05, 0) is 49.8 Å². The first-order valence-corrected chi connectivity index (χ1v) is 12.2. The third kappa shape index (κ3) is 4.05. The molecule has 1 aliphatic rings. The molecule has 5 rings (SSSR count). The first kappa shape index (κ1) is 23.0. The van der Waals surface area contributed by atoms with E-state index in [4.69, 9.17) is 19.2 Å². The number of ether oxygens (including phenoxy) is 3. The van der Waals surface area contributed by atoms with Gasteiger partial charge in [-0.2, -0.15) is 0 Å². The maximum Gasteiger partial charge on any atom is 0.132 e. The van der Waals surface area contributed by atoms with Gasteiger partial charge >= 0.3 is 0 Å². The van der Waals surface area contributed by atoms with Crippen molar-refractivity contribution in [3.63, 3.8) is 0 Å². The maximum atomic E-state index is 6.02. The highest BCUT2D eigenvalue weighted by atomic mass is 16.5. The van der Waals surface area contributed by atoms with Crippen LogP contribution in [0.5, 0.6) is 17.2 Å². The van der Waals surface area contributed by atoms with Crippen molar-refractivity contribution in [1.29, 1.82) is 0 Å². The largest absolute Gasteiger partial charge is 0.496 e. The van der Waals surface area contributed by atoms with Crippen molar-refractivity contribution in [3.05, 3.63) is 78.0 Å². The lowest BCUT2D eigenvalue weighted by atomic mass is 9.87. The molecule has 1 heterocycles. The minimum absolute atomic E-state index is 0.186. The average Bonchev–Trinajstić information content (AvgIpc) is 2.92. The molecule has 0 spiro atoms. The van der Waals surface area contributed by atoms with E-state index in [1.807, 2.05) is 24.3 Å². The van der Waals surface area contributed by atoms with Crippen LogP contribution in [0.3, 0.4) is 0 Å². The van der Waals surface area contributed by atoms with Crippen molar-refractivity contribution in [2.24, 2.45) is 0 Å². The van der Waals surface area contributed by atoms with Gasteiger partial charge in [0, 0.05) is 29.2 Å². The minimum atomic E-state index is 0.186. The number of fused-ring (bicyclic) bond motifs is 2. The Bertz CT molecular complexity index is 1310. The van der Waals surface area contributed by atoms with E-state index in [-0.39, 0.29) is 6.04 Å². The van der Waals surface area contributed by atoms with Crippen molar-refractivity contribution < 1.29 is 14.2 Å². The van der Waals surface area contributed by atoms with E-state index in [1.165, 1.54) is 22.0 Å². The SMILES string of the molecule is CCN(c1cccc2ccccc12)C1CCCc2nc(-c3c(OC)cccc3OC)cc(OC)c21. The minimum Gasteiger partial charge on any atom is -0.496 e. The summed E-state index contributed by atoms with van der Waals surface area (Å²) < 4.78 is 17.4. The van der Waals surface area contributed by atoms with Crippen LogP contribution in [0.4, 0.5) is 5.69 Å². The molecule has 5 heteroatoms. The van der Waals surface area contributed by atoms with Crippen LogP contribution in [-0.4, -0.2) is 32.9 Å². The normalized spacial score (nSPS) is 14.9. The molecule has 0 aliphatic heterocycles. The van der Waals surface area contributed by atoms with Crippen molar-refractivity contribution in [1.82, 2.24) is 4.98 Å². The number of benzene rings is 3. The Morgan fingerprint density at radius 3 is 2.26 bits per heavy atom. The Hall–Kier alpha value is -3.73. The van der Waals surface area contributed by atoms with Crippen molar-refractivity contribution in [2.45, 2.75) is 32.2 Å². The topological polar surface area (TPSA) is 43.8 Å². The molecule has 4 aromatic rings. The molecule has 5 nitrogen and oxygen atoms in total. The van der Waals surface area contributed by atoms with Crippen molar-refractivity contribution >= 4 is 16.5 Å². The van der Waals surface area contributed by atoms with E-state index in [1.54, 1.807) is 21.3 Å². The standard InChI is InChI=1S/C30H32N2O3/c1-5-32(24-15-8-12-20-11-6-7-13-21(20)24)25-16-9-14-22-29(25)28(35-4)19-23(31-22)30-26(33-2)17-10-18-27(30)34-3/h6-8,10-13,15,17-19,25H,5,9,14,16H2,1-4H3. The molecule has 35 heavy (non-hydrogen) atoms. The molecule has 0 amide bonds. The zero-order valence-corrected chi connectivity index (χ0v) is 20.9. The summed E-state index contributed by atoms with van der Waals surface area (Å²) in [5.74, 6) is 2.33. The number of hydrogen-bond donors (Lipinski definition) is 0. The second-order valence-electron chi connectivity index (χ2n) is 8.80. The molecule has 0 bridgehead atoms. The average molecular weight is 469 g/mol. The molecule has 0 radical (unpaired) electrons. The van der Waals surface area contributed by atoms with Crippen LogP contribution in [0.15, 0.2) is 66.7 Å². The fourth-order valence-corrected chi connectivity index (χ4v) is 5.47. The monoisotopic (exact) mass is 468 g/mol. The van der Waals surface area contributed by atoms with Crippen LogP contribution in [0.2, 0.25) is 0 Å². The quantitative estimate of drug-likeness (QED) is 0.297. The van der Waals surface area contributed by atoms with E-state index < -0.39 is 0 Å². The number of aryl methyl sites for hydroxylation is 1. The number of aromatic nitrogens is 1. The molecule has 1 aromatic heterocycles. The second kappa shape index (κ2) is 9.87. The number of methoxy groups -OCH3 is 3. The Kier molecular flexibility index (Phi) is 6.49. The van der Waals surface area contributed by atoms with Gasteiger partial charge in [0.2, 0.25) is 0 Å². The molecule has 0 saturated carbocycles. The lowest BCUT2D eigenvalue weighted by Crippen LogP contribution is -2.32. The Labute approximate surface area is 207 Å². The highest BCUT2D eigenvalue weighted by Crippen LogP contribution is 2.46. The Morgan fingerprint density at radius 1 is 0.857 bits per heavy atom. The van der Waals surface area contributed by atoms with Gasteiger partial charge in [-0.3, -0.25) is 4.98 Å². The number of pyridine rings is 1. The lowest BCUT2D eigenvalue weighted by Gasteiger charge is -2.38. The van der Waals surface area contributed by atoms with Gasteiger partial charge in [0.15, 0.2) is 0 Å². The van der Waals surface area contributed by atoms with Crippen molar-refractivity contribution in [3.8, 4) is 28.5 Å². The molecule has 0 fully saturated rings. The Morgan fingerprint density at radius 2 is 1.54 bits per heavy atom. The summed E-state index contributed by atoms with van der Waals surface area (Å²) in [6.45, 7) is 3.12. The maximum absolute atomic E-state index is 6.02. The van der Waals surface area contributed by atoms with Crippen LogP contribution >= 0.6 is 0 Å². The van der Waals surface area contributed by atoms with E-state index in [9.17, 15) is 0 Å². The summed E-state index contributed by atoms with van der Waals surface area (Å²) in [4.78, 5) is 7.67. The predicted octanol–water partition coefficient (Wildman–Crippen LogP) is 6.83. The van der Waals surface area contributed by atoms with Crippen LogP contribution in [0.25, 0.3) is 22.0 Å². The van der Waals surface area contributed by atoms with E-state index in [0.29, 0.717) is 0 Å². The van der Waals surface area contributed by atoms with Crippen LogP contribution in [0.1, 0.15) is 37.1 Å². The molecule has 0 N–H and O–H groups in total. The summed E-state index contributed by atoms with van der Waals surface area (Å²) in [6, 6.07) is 23.2. The third-order valence-electron chi connectivity index (χ3n) is 7.02. The fourth-order valence-electron chi connectivity index (χ4n) is 5.47. The number of anilines is 1. The molecule has 1 unspecified atom stereocenters. The summed E-state index contributed by atoms with van der Waals surface area (Å²) in [5.41, 5.74) is 5.18. The number of hydrogen-bond acceptors (Lipinski definition) is 5. The third-order valence-corrected chi connectivity index (χ3v) is 7.02. The number of rotatable bonds is 7. The second-order valence-corrected chi connectivity index (χ2v) is 8.80. The molecular weight excluding hydrogens is 436 g/mol. The van der Waals surface area contributed by atoms with Crippen LogP contribution in [0, 0.1) is 0 Å². The van der Waals surface area contributed by atoms with Crippen LogP contribution in [-0.2, 0) is 6.42 Å². The van der Waals surface area contributed by atoms with E-state index in [0.717, 1.165) is 60.0 Å². The smallest absolute Gasteiger partial charge is 0.132 e. The summed E-state index contributed by atoms with van der Waals surface area (Å²) >= 11 is 0. The molecule has 0 saturated heterocycles. The lowest BCUT2D eigenvalue weighted by molar-refractivity contribution is 0.391. The molecule has 1 aliphatic carbocycles. The van der Waals surface area contributed by atoms with Gasteiger partial charge in [0.05, 0.1) is 44.3 Å². The van der Waals surface area contributed by atoms with Gasteiger partial charge in [-0.15, -0.1) is 0 Å². The van der Waals surface area contributed by atoms with E-state index in [2.05, 4.69) is 54.3 Å². The number of nitrogens with zero attached hydrogens (tertiary/aromatic N) is 2. The van der Waals surface area contributed by atoms with Gasteiger partial charge in [0.1, 0.15) is 17.2 Å². The predicted molar refractivity (Wildman–Crippen MR) is 142 cm³/mol. The van der Waals surface area contributed by atoms with E-state index >= 15 is 0 Å². The highest BCUT2D eigenvalue weighted by Gasteiger charge is 2.31. The van der Waals surface area contributed by atoms with Crippen molar-refractivity contribution in [2.75, 3.05) is 32.8 Å². The summed E-state index contributed by atoms with van der Waals surface area (Å²) in [5, 5.41) is 2.52. The van der Waals surface area contributed by atoms with Gasteiger partial charge in [-0.25, -0.2) is 0 Å². The first-order chi connectivity index (χ1) is 17.2. The summed E-state index contributed by atoms with van der Waals surface area (Å²) in [6.07, 6.45) is 3.04. The van der Waals surface area contributed by atoms with Crippen LogP contribution < -0.4 is 19.1 Å². The van der Waals surface area contributed by atoms with Gasteiger partial charge in [-0.1, -0.05) is 42.5 Å².